The Labute approximate surface area is 115 Å². The molecule has 1 saturated heterocycles. The van der Waals surface area contributed by atoms with Gasteiger partial charge in [-0.15, -0.1) is 0 Å². The summed E-state index contributed by atoms with van der Waals surface area (Å²) in [5.41, 5.74) is 0.667. The van der Waals surface area contributed by atoms with Gasteiger partial charge in [0.25, 0.3) is 5.69 Å². The van der Waals surface area contributed by atoms with Crippen LogP contribution in [0.1, 0.15) is 16.8 Å². The van der Waals surface area contributed by atoms with Crippen molar-refractivity contribution in [3.05, 3.63) is 33.9 Å². The number of nitro groups is 1. The molecule has 1 aromatic carbocycles. The van der Waals surface area contributed by atoms with Crippen molar-refractivity contribution in [1.29, 1.82) is 0 Å². The van der Waals surface area contributed by atoms with Gasteiger partial charge < -0.3 is 9.80 Å². The Hall–Kier alpha value is -2.44. The first kappa shape index (κ1) is 14.0. The first-order chi connectivity index (χ1) is 9.52. The summed E-state index contributed by atoms with van der Waals surface area (Å²) in [4.78, 5) is 36.6. The summed E-state index contributed by atoms with van der Waals surface area (Å²) in [5.74, 6) is -0.0299. The van der Waals surface area contributed by atoms with Gasteiger partial charge in [-0.25, -0.2) is 0 Å². The number of nitrogens with zero attached hydrogens (tertiary/aromatic N) is 3. The molecule has 1 aliphatic rings. The topological polar surface area (TPSA) is 83.8 Å². The van der Waals surface area contributed by atoms with Crippen LogP contribution in [0.4, 0.5) is 11.4 Å². The Morgan fingerprint density at radius 1 is 1.35 bits per heavy atom. The first-order valence-corrected chi connectivity index (χ1v) is 6.25. The van der Waals surface area contributed by atoms with Crippen LogP contribution < -0.4 is 4.90 Å². The van der Waals surface area contributed by atoms with E-state index in [1.807, 2.05) is 0 Å². The maximum absolute atomic E-state index is 11.9. The Bertz CT molecular complexity index is 559. The van der Waals surface area contributed by atoms with E-state index >= 15 is 0 Å². The fourth-order valence-corrected chi connectivity index (χ4v) is 2.23. The van der Waals surface area contributed by atoms with Gasteiger partial charge in [0.05, 0.1) is 11.5 Å². The molecular formula is C13H15N3O4. The molecule has 20 heavy (non-hydrogen) atoms. The maximum Gasteiger partial charge on any atom is 0.270 e. The lowest BCUT2D eigenvalue weighted by atomic mass is 10.1. The van der Waals surface area contributed by atoms with Crippen molar-refractivity contribution in [1.82, 2.24) is 4.90 Å². The normalized spacial score (nSPS) is 15.9. The second-order valence-electron chi connectivity index (χ2n) is 4.71. The molecule has 0 aliphatic carbocycles. The highest BCUT2D eigenvalue weighted by molar-refractivity contribution is 5.89. The molecule has 1 fully saturated rings. The number of carbonyl (C=O) groups is 2. The summed E-state index contributed by atoms with van der Waals surface area (Å²) in [6, 6.07) is 4.11. The molecule has 0 atom stereocenters. The van der Waals surface area contributed by atoms with Gasteiger partial charge in [-0.2, -0.15) is 0 Å². The quantitative estimate of drug-likeness (QED) is 0.469. The highest BCUT2D eigenvalue weighted by Gasteiger charge is 2.22. The van der Waals surface area contributed by atoms with E-state index in [0.717, 1.165) is 6.42 Å². The van der Waals surface area contributed by atoms with Crippen LogP contribution in [0.3, 0.4) is 0 Å². The molecule has 0 saturated carbocycles. The van der Waals surface area contributed by atoms with Crippen LogP contribution in [0.25, 0.3) is 0 Å². The molecular weight excluding hydrogens is 262 g/mol. The summed E-state index contributed by atoms with van der Waals surface area (Å²) >= 11 is 0. The zero-order chi connectivity index (χ0) is 14.7. The van der Waals surface area contributed by atoms with Crippen molar-refractivity contribution in [2.45, 2.75) is 6.42 Å². The minimum Gasteiger partial charge on any atom is -0.362 e. The van der Waals surface area contributed by atoms with E-state index in [0.29, 0.717) is 25.1 Å². The fourth-order valence-electron chi connectivity index (χ4n) is 2.23. The molecule has 0 aromatic heterocycles. The third-order valence-corrected chi connectivity index (χ3v) is 3.36. The lowest BCUT2D eigenvalue weighted by Gasteiger charge is -2.23. The summed E-state index contributed by atoms with van der Waals surface area (Å²) < 4.78 is 0. The Balaban J connectivity index is 2.34. The largest absolute Gasteiger partial charge is 0.362 e. The van der Waals surface area contributed by atoms with Crippen LogP contribution in [0.5, 0.6) is 0 Å². The Morgan fingerprint density at radius 3 is 2.75 bits per heavy atom. The van der Waals surface area contributed by atoms with Crippen LogP contribution in [0, 0.1) is 10.1 Å². The molecule has 0 spiro atoms. The number of likely N-dealkylation sites (N-methyl/N-ethyl adjacent to an activating group) is 1. The average Bonchev–Trinajstić information content (AvgIpc) is 2.60. The van der Waals surface area contributed by atoms with Gasteiger partial charge in [0.2, 0.25) is 5.91 Å². The zero-order valence-electron chi connectivity index (χ0n) is 11.1. The molecule has 1 heterocycles. The monoisotopic (exact) mass is 277 g/mol. The summed E-state index contributed by atoms with van der Waals surface area (Å²) in [6.07, 6.45) is 1.37. The number of hydrogen-bond acceptors (Lipinski definition) is 5. The average molecular weight is 277 g/mol. The number of non-ortho nitro benzene ring substituents is 1. The highest BCUT2D eigenvalue weighted by Crippen LogP contribution is 2.25. The summed E-state index contributed by atoms with van der Waals surface area (Å²) in [5, 5.41) is 10.7. The van der Waals surface area contributed by atoms with Crippen LogP contribution in [-0.4, -0.2) is 48.7 Å². The summed E-state index contributed by atoms with van der Waals surface area (Å²) in [7, 11) is 1.74. The smallest absolute Gasteiger partial charge is 0.270 e. The van der Waals surface area contributed by atoms with Crippen LogP contribution in [0.15, 0.2) is 18.2 Å². The minimum atomic E-state index is -0.544. The van der Waals surface area contributed by atoms with Crippen LogP contribution >= 0.6 is 0 Å². The van der Waals surface area contributed by atoms with Crippen molar-refractivity contribution >= 4 is 23.6 Å². The number of hydrogen-bond donors (Lipinski definition) is 0. The van der Waals surface area contributed by atoms with Gasteiger partial charge in [-0.1, -0.05) is 0 Å². The highest BCUT2D eigenvalue weighted by atomic mass is 16.6. The van der Waals surface area contributed by atoms with E-state index in [9.17, 15) is 19.7 Å². The molecule has 1 aliphatic heterocycles. The lowest BCUT2D eigenvalue weighted by molar-refractivity contribution is -0.384. The molecule has 7 nitrogen and oxygen atoms in total. The van der Waals surface area contributed by atoms with Crippen molar-refractivity contribution in [2.75, 3.05) is 31.6 Å². The molecule has 7 heteroatoms. The number of amides is 1. The molecule has 1 amide bonds. The molecule has 106 valence electrons. The predicted octanol–water partition coefficient (Wildman–Crippen LogP) is 1.08. The van der Waals surface area contributed by atoms with E-state index in [2.05, 4.69) is 0 Å². The predicted molar refractivity (Wildman–Crippen MR) is 73.0 cm³/mol. The molecule has 0 unspecified atom stereocenters. The number of anilines is 1. The van der Waals surface area contributed by atoms with Crippen LogP contribution in [0.2, 0.25) is 0 Å². The zero-order valence-corrected chi connectivity index (χ0v) is 11.1. The lowest BCUT2D eigenvalue weighted by Crippen LogP contribution is -2.34. The number of aldehydes is 1. The molecule has 0 radical (unpaired) electrons. The second-order valence-corrected chi connectivity index (χ2v) is 4.71. The van der Waals surface area contributed by atoms with Gasteiger partial charge >= 0.3 is 0 Å². The van der Waals surface area contributed by atoms with Crippen molar-refractivity contribution in [3.63, 3.8) is 0 Å². The number of nitro benzene ring substituents is 1. The Morgan fingerprint density at radius 2 is 2.10 bits per heavy atom. The van der Waals surface area contributed by atoms with Gasteiger partial charge in [0.15, 0.2) is 6.29 Å². The third kappa shape index (κ3) is 2.76. The Kier molecular flexibility index (Phi) is 3.97. The third-order valence-electron chi connectivity index (χ3n) is 3.36. The SMILES string of the molecule is CN1CCCN(c2ccc([N+](=O)[O-])cc2C=O)CC1=O. The first-order valence-electron chi connectivity index (χ1n) is 6.25. The van der Waals surface area contributed by atoms with Gasteiger partial charge in [0, 0.05) is 43.5 Å². The number of benzene rings is 1. The fraction of sp³-hybridized carbons (Fsp3) is 0.385. The van der Waals surface area contributed by atoms with E-state index in [4.69, 9.17) is 0 Å². The number of carbonyl (C=O) groups excluding carboxylic acids is 2. The van der Waals surface area contributed by atoms with Gasteiger partial charge in [-0.3, -0.25) is 19.7 Å². The van der Waals surface area contributed by atoms with E-state index in [1.165, 1.54) is 18.2 Å². The standard InChI is InChI=1S/C13H15N3O4/c1-14-5-2-6-15(8-13(14)18)12-4-3-11(16(19)20)7-10(12)9-17/h3-4,7,9H,2,5-6,8H2,1H3. The van der Waals surface area contributed by atoms with E-state index in [1.54, 1.807) is 16.8 Å². The molecule has 2 rings (SSSR count). The van der Waals surface area contributed by atoms with E-state index < -0.39 is 4.92 Å². The van der Waals surface area contributed by atoms with Crippen LogP contribution in [-0.2, 0) is 4.79 Å². The van der Waals surface area contributed by atoms with E-state index in [-0.39, 0.29) is 23.7 Å². The molecule has 0 bridgehead atoms. The minimum absolute atomic E-state index is 0.0299. The van der Waals surface area contributed by atoms with Crippen molar-refractivity contribution < 1.29 is 14.5 Å². The van der Waals surface area contributed by atoms with Crippen molar-refractivity contribution in [3.8, 4) is 0 Å². The second kappa shape index (κ2) is 5.68. The molecule has 0 N–H and O–H groups in total. The van der Waals surface area contributed by atoms with Gasteiger partial charge in [-0.05, 0) is 12.5 Å². The molecule has 1 aromatic rings. The summed E-state index contributed by atoms with van der Waals surface area (Å²) in [6.45, 7) is 1.47. The van der Waals surface area contributed by atoms with Crippen molar-refractivity contribution in [2.24, 2.45) is 0 Å². The number of rotatable bonds is 3. The maximum atomic E-state index is 11.9. The van der Waals surface area contributed by atoms with Gasteiger partial charge in [0.1, 0.15) is 0 Å².